The Labute approximate surface area is 170 Å². The summed E-state index contributed by atoms with van der Waals surface area (Å²) in [5, 5.41) is 3.79. The number of benzene rings is 1. The zero-order chi connectivity index (χ0) is 20.4. The second kappa shape index (κ2) is 8.27. The Morgan fingerprint density at radius 2 is 1.93 bits per heavy atom. The van der Waals surface area contributed by atoms with Gasteiger partial charge in [-0.15, -0.1) is 0 Å². The molecule has 1 aliphatic carbocycles. The standard InChI is InChI=1S/C22H28N4O3/c1-2-25(16-8-4-3-5-9-16)20(27)14-26-21(28)19(24-22(26)29)12-15-13-23-18-11-7-6-10-17(15)18/h6-7,10-11,13,16,19,23H,2-5,8-9,12,14H2,1H3,(H,24,29)/t19-/m1/s1. The number of imide groups is 1. The Kier molecular flexibility index (Phi) is 5.56. The molecule has 0 unspecified atom stereocenters. The van der Waals surface area contributed by atoms with Gasteiger partial charge in [-0.1, -0.05) is 37.5 Å². The van der Waals surface area contributed by atoms with E-state index in [0.717, 1.165) is 47.0 Å². The molecule has 1 atom stereocenters. The van der Waals surface area contributed by atoms with Gasteiger partial charge in [0.15, 0.2) is 0 Å². The summed E-state index contributed by atoms with van der Waals surface area (Å²) in [6, 6.07) is 6.97. The molecule has 7 heteroatoms. The lowest BCUT2D eigenvalue weighted by Gasteiger charge is -2.34. The molecule has 1 saturated carbocycles. The van der Waals surface area contributed by atoms with Crippen LogP contribution >= 0.6 is 0 Å². The number of likely N-dealkylation sites (N-methyl/N-ethyl adjacent to an activating group) is 1. The van der Waals surface area contributed by atoms with Crippen LogP contribution in [0.4, 0.5) is 4.79 Å². The molecular formula is C22H28N4O3. The van der Waals surface area contributed by atoms with Crippen LogP contribution in [-0.2, 0) is 16.0 Å². The summed E-state index contributed by atoms with van der Waals surface area (Å²) in [5.74, 6) is -0.469. The zero-order valence-corrected chi connectivity index (χ0v) is 16.8. The van der Waals surface area contributed by atoms with Crippen LogP contribution in [-0.4, -0.2) is 57.8 Å². The largest absolute Gasteiger partial charge is 0.361 e. The van der Waals surface area contributed by atoms with E-state index in [9.17, 15) is 14.4 Å². The lowest BCUT2D eigenvalue weighted by molar-refractivity contribution is -0.139. The Hall–Kier alpha value is -2.83. The van der Waals surface area contributed by atoms with E-state index in [1.54, 1.807) is 0 Å². The van der Waals surface area contributed by atoms with Gasteiger partial charge in [0.25, 0.3) is 5.91 Å². The summed E-state index contributed by atoms with van der Waals surface area (Å²) in [7, 11) is 0. The Bertz CT molecular complexity index is 916. The average molecular weight is 396 g/mol. The first-order chi connectivity index (χ1) is 14.1. The van der Waals surface area contributed by atoms with Crippen molar-refractivity contribution in [1.82, 2.24) is 20.1 Å². The third kappa shape index (κ3) is 3.86. The second-order valence-electron chi connectivity index (χ2n) is 7.96. The van der Waals surface area contributed by atoms with Gasteiger partial charge in [-0.05, 0) is 31.4 Å². The predicted octanol–water partition coefficient (Wildman–Crippen LogP) is 2.81. The normalized spacial score (nSPS) is 20.3. The first kappa shape index (κ1) is 19.5. The summed E-state index contributed by atoms with van der Waals surface area (Å²) in [6.07, 6.45) is 7.75. The number of nitrogens with one attached hydrogen (secondary N) is 2. The van der Waals surface area contributed by atoms with Crippen LogP contribution in [0.3, 0.4) is 0 Å². The highest BCUT2D eigenvalue weighted by atomic mass is 16.2. The molecule has 0 bridgehead atoms. The van der Waals surface area contributed by atoms with Crippen molar-refractivity contribution in [1.29, 1.82) is 0 Å². The fourth-order valence-corrected chi connectivity index (χ4v) is 4.64. The van der Waals surface area contributed by atoms with Crippen molar-refractivity contribution in [3.05, 3.63) is 36.0 Å². The lowest BCUT2D eigenvalue weighted by atomic mass is 9.94. The predicted molar refractivity (Wildman–Crippen MR) is 110 cm³/mol. The number of H-pyrrole nitrogens is 1. The summed E-state index contributed by atoms with van der Waals surface area (Å²) < 4.78 is 0. The van der Waals surface area contributed by atoms with Crippen LogP contribution in [0.25, 0.3) is 10.9 Å². The molecule has 0 radical (unpaired) electrons. The molecule has 154 valence electrons. The van der Waals surface area contributed by atoms with Gasteiger partial charge in [-0.2, -0.15) is 0 Å². The highest BCUT2D eigenvalue weighted by molar-refractivity contribution is 6.06. The van der Waals surface area contributed by atoms with Crippen molar-refractivity contribution >= 4 is 28.7 Å². The van der Waals surface area contributed by atoms with E-state index < -0.39 is 12.1 Å². The first-order valence-electron chi connectivity index (χ1n) is 10.5. The van der Waals surface area contributed by atoms with Crippen molar-refractivity contribution in [3.63, 3.8) is 0 Å². The Morgan fingerprint density at radius 1 is 1.17 bits per heavy atom. The number of carbonyl (C=O) groups excluding carboxylic acids is 3. The van der Waals surface area contributed by atoms with Crippen molar-refractivity contribution in [2.24, 2.45) is 0 Å². The summed E-state index contributed by atoms with van der Waals surface area (Å²) in [5.41, 5.74) is 1.97. The molecule has 4 amide bonds. The topological polar surface area (TPSA) is 85.5 Å². The van der Waals surface area contributed by atoms with Gasteiger partial charge in [0.2, 0.25) is 5.91 Å². The average Bonchev–Trinajstić information content (AvgIpc) is 3.26. The molecule has 2 fully saturated rings. The molecule has 2 N–H and O–H groups in total. The monoisotopic (exact) mass is 396 g/mol. The maximum atomic E-state index is 12.9. The fraction of sp³-hybridized carbons (Fsp3) is 0.500. The first-order valence-corrected chi connectivity index (χ1v) is 10.5. The maximum Gasteiger partial charge on any atom is 0.325 e. The van der Waals surface area contributed by atoms with E-state index in [1.807, 2.05) is 42.3 Å². The number of amides is 4. The third-order valence-electron chi connectivity index (χ3n) is 6.18. The molecule has 7 nitrogen and oxygen atoms in total. The molecule has 1 aromatic carbocycles. The van der Waals surface area contributed by atoms with E-state index in [4.69, 9.17) is 0 Å². The van der Waals surface area contributed by atoms with E-state index >= 15 is 0 Å². The van der Waals surface area contributed by atoms with E-state index in [0.29, 0.717) is 13.0 Å². The van der Waals surface area contributed by atoms with E-state index in [1.165, 1.54) is 6.42 Å². The highest BCUT2D eigenvalue weighted by Gasteiger charge is 2.40. The number of hydrogen-bond acceptors (Lipinski definition) is 3. The summed E-state index contributed by atoms with van der Waals surface area (Å²) in [6.45, 7) is 2.38. The molecule has 2 heterocycles. The van der Waals surface area contributed by atoms with E-state index in [2.05, 4.69) is 10.3 Å². The summed E-state index contributed by atoms with van der Waals surface area (Å²) in [4.78, 5) is 44.3. The quantitative estimate of drug-likeness (QED) is 0.737. The Morgan fingerprint density at radius 3 is 2.69 bits per heavy atom. The number of para-hydroxylation sites is 1. The highest BCUT2D eigenvalue weighted by Crippen LogP contribution is 2.24. The molecule has 4 rings (SSSR count). The number of urea groups is 1. The second-order valence-corrected chi connectivity index (χ2v) is 7.96. The SMILES string of the molecule is CCN(C(=O)CN1C(=O)N[C@H](Cc2c[nH]c3ccccc23)C1=O)C1CCCCC1. The molecule has 1 aliphatic heterocycles. The van der Waals surface area contributed by atoms with Gasteiger partial charge >= 0.3 is 6.03 Å². The minimum Gasteiger partial charge on any atom is -0.361 e. The van der Waals surface area contributed by atoms with Crippen LogP contribution in [0, 0.1) is 0 Å². The van der Waals surface area contributed by atoms with Crippen LogP contribution in [0.1, 0.15) is 44.6 Å². The molecule has 1 aromatic heterocycles. The summed E-state index contributed by atoms with van der Waals surface area (Å²) >= 11 is 0. The number of nitrogens with zero attached hydrogens (tertiary/aromatic N) is 2. The molecule has 2 aromatic rings. The van der Waals surface area contributed by atoms with Crippen molar-refractivity contribution in [2.45, 2.75) is 57.5 Å². The Balaban J connectivity index is 1.43. The van der Waals surface area contributed by atoms with E-state index in [-0.39, 0.29) is 24.4 Å². The molecule has 0 spiro atoms. The van der Waals surface area contributed by atoms with Crippen LogP contribution < -0.4 is 5.32 Å². The van der Waals surface area contributed by atoms with Gasteiger partial charge in [-0.25, -0.2) is 4.79 Å². The fourth-order valence-electron chi connectivity index (χ4n) is 4.64. The van der Waals surface area contributed by atoms with Crippen LogP contribution in [0.5, 0.6) is 0 Å². The molecule has 2 aliphatic rings. The molecule has 29 heavy (non-hydrogen) atoms. The number of carbonyl (C=O) groups is 3. The minimum absolute atomic E-state index is 0.143. The van der Waals surface area contributed by atoms with Gasteiger partial charge in [0.05, 0.1) is 0 Å². The number of fused-ring (bicyclic) bond motifs is 1. The van der Waals surface area contributed by atoms with Crippen molar-refractivity contribution in [3.8, 4) is 0 Å². The number of hydrogen-bond donors (Lipinski definition) is 2. The number of aromatic nitrogens is 1. The molecule has 1 saturated heterocycles. The van der Waals surface area contributed by atoms with Crippen LogP contribution in [0.15, 0.2) is 30.5 Å². The zero-order valence-electron chi connectivity index (χ0n) is 16.8. The smallest absolute Gasteiger partial charge is 0.325 e. The maximum absolute atomic E-state index is 12.9. The molecular weight excluding hydrogens is 368 g/mol. The van der Waals surface area contributed by atoms with Gasteiger partial charge in [-0.3, -0.25) is 14.5 Å². The number of rotatable bonds is 6. The lowest BCUT2D eigenvalue weighted by Crippen LogP contribution is -2.47. The van der Waals surface area contributed by atoms with Crippen LogP contribution in [0.2, 0.25) is 0 Å². The van der Waals surface area contributed by atoms with Gasteiger partial charge in [0, 0.05) is 36.1 Å². The van der Waals surface area contributed by atoms with Crippen molar-refractivity contribution < 1.29 is 14.4 Å². The third-order valence-corrected chi connectivity index (χ3v) is 6.18. The number of aromatic amines is 1. The van der Waals surface area contributed by atoms with Crippen molar-refractivity contribution in [2.75, 3.05) is 13.1 Å². The van der Waals surface area contributed by atoms with Gasteiger partial charge in [0.1, 0.15) is 12.6 Å². The minimum atomic E-state index is -0.640. The van der Waals surface area contributed by atoms with Gasteiger partial charge < -0.3 is 15.2 Å².